The molecule has 1 aliphatic rings. The van der Waals surface area contributed by atoms with Crippen LogP contribution < -0.4 is 24.4 Å². The van der Waals surface area contributed by atoms with Gasteiger partial charge in [0, 0.05) is 5.56 Å². The van der Waals surface area contributed by atoms with Gasteiger partial charge in [-0.3, -0.25) is 14.9 Å². The lowest BCUT2D eigenvalue weighted by molar-refractivity contribution is -0.122. The highest BCUT2D eigenvalue weighted by atomic mass is 16.5. The number of imide groups is 2. The molecule has 2 aromatic carbocycles. The van der Waals surface area contributed by atoms with Crippen LogP contribution in [0, 0.1) is 0 Å². The molecule has 4 amide bonds. The van der Waals surface area contributed by atoms with E-state index in [1.807, 2.05) is 0 Å². The third-order valence-electron chi connectivity index (χ3n) is 4.17. The van der Waals surface area contributed by atoms with E-state index in [0.717, 1.165) is 4.90 Å². The summed E-state index contributed by atoms with van der Waals surface area (Å²) in [6, 6.07) is 10.5. The zero-order chi connectivity index (χ0) is 20.3. The average molecular weight is 382 g/mol. The summed E-state index contributed by atoms with van der Waals surface area (Å²) in [4.78, 5) is 38.4. The normalized spacial score (nSPS) is 15.5. The molecular weight excluding hydrogens is 364 g/mol. The summed E-state index contributed by atoms with van der Waals surface area (Å²) < 4.78 is 15.5. The molecule has 0 aliphatic carbocycles. The molecule has 1 fully saturated rings. The molecule has 0 aromatic heterocycles. The number of urea groups is 1. The van der Waals surface area contributed by atoms with E-state index in [0.29, 0.717) is 28.5 Å². The molecule has 0 unspecified atom stereocenters. The van der Waals surface area contributed by atoms with Gasteiger partial charge < -0.3 is 14.2 Å². The zero-order valence-corrected chi connectivity index (χ0v) is 15.5. The number of nitrogens with one attached hydrogen (secondary N) is 1. The maximum atomic E-state index is 12.9. The van der Waals surface area contributed by atoms with E-state index in [1.54, 1.807) is 42.5 Å². The van der Waals surface area contributed by atoms with Gasteiger partial charge in [-0.05, 0) is 48.5 Å². The van der Waals surface area contributed by atoms with E-state index < -0.39 is 17.8 Å². The quantitative estimate of drug-likeness (QED) is 0.630. The highest BCUT2D eigenvalue weighted by Gasteiger charge is 2.37. The van der Waals surface area contributed by atoms with Gasteiger partial charge >= 0.3 is 6.03 Å². The number of hydrogen-bond acceptors (Lipinski definition) is 6. The highest BCUT2D eigenvalue weighted by molar-refractivity contribution is 6.39. The molecule has 1 aliphatic heterocycles. The number of methoxy groups -OCH3 is 3. The van der Waals surface area contributed by atoms with Gasteiger partial charge in [-0.2, -0.15) is 0 Å². The number of anilines is 1. The minimum Gasteiger partial charge on any atom is -0.497 e. The van der Waals surface area contributed by atoms with Crippen LogP contribution in [-0.4, -0.2) is 39.2 Å². The van der Waals surface area contributed by atoms with Crippen LogP contribution in [0.5, 0.6) is 17.2 Å². The van der Waals surface area contributed by atoms with Gasteiger partial charge in [0.25, 0.3) is 11.8 Å². The molecule has 8 nitrogen and oxygen atoms in total. The van der Waals surface area contributed by atoms with Gasteiger partial charge in [-0.1, -0.05) is 0 Å². The first kappa shape index (κ1) is 19.0. The Morgan fingerprint density at radius 1 is 0.857 bits per heavy atom. The minimum atomic E-state index is -0.824. The molecule has 0 bridgehead atoms. The monoisotopic (exact) mass is 382 g/mol. The molecule has 0 radical (unpaired) electrons. The van der Waals surface area contributed by atoms with Gasteiger partial charge in [0.2, 0.25) is 0 Å². The smallest absolute Gasteiger partial charge is 0.335 e. The number of amides is 4. The van der Waals surface area contributed by atoms with Crippen LogP contribution in [0.3, 0.4) is 0 Å². The molecule has 0 saturated carbocycles. The molecule has 1 N–H and O–H groups in total. The number of carbonyl (C=O) groups is 3. The summed E-state index contributed by atoms with van der Waals surface area (Å²) in [7, 11) is 4.48. The van der Waals surface area contributed by atoms with Crippen LogP contribution in [0.15, 0.2) is 48.0 Å². The van der Waals surface area contributed by atoms with Crippen molar-refractivity contribution in [3.8, 4) is 17.2 Å². The van der Waals surface area contributed by atoms with E-state index in [1.165, 1.54) is 27.4 Å². The molecule has 1 saturated heterocycles. The second kappa shape index (κ2) is 7.83. The van der Waals surface area contributed by atoms with E-state index in [2.05, 4.69) is 5.32 Å². The van der Waals surface area contributed by atoms with Gasteiger partial charge in [0.1, 0.15) is 22.8 Å². The Morgan fingerprint density at radius 2 is 1.50 bits per heavy atom. The molecule has 2 aromatic rings. The Labute approximate surface area is 161 Å². The highest BCUT2D eigenvalue weighted by Crippen LogP contribution is 2.29. The van der Waals surface area contributed by atoms with Crippen LogP contribution in [0.25, 0.3) is 6.08 Å². The van der Waals surface area contributed by atoms with Crippen LogP contribution in [-0.2, 0) is 9.59 Å². The Balaban J connectivity index is 2.03. The molecular formula is C20H18N2O6. The number of nitrogens with zero attached hydrogens (tertiary/aromatic N) is 1. The number of barbiturate groups is 1. The number of benzene rings is 2. The number of ether oxygens (including phenoxy) is 3. The number of carbonyl (C=O) groups excluding carboxylic acids is 3. The third-order valence-corrected chi connectivity index (χ3v) is 4.17. The predicted octanol–water partition coefficient (Wildman–Crippen LogP) is 2.38. The van der Waals surface area contributed by atoms with Crippen LogP contribution >= 0.6 is 0 Å². The van der Waals surface area contributed by atoms with Gasteiger partial charge in [0.05, 0.1) is 27.0 Å². The van der Waals surface area contributed by atoms with E-state index in [9.17, 15) is 14.4 Å². The Morgan fingerprint density at radius 3 is 2.11 bits per heavy atom. The number of rotatable bonds is 5. The van der Waals surface area contributed by atoms with Crippen molar-refractivity contribution in [1.29, 1.82) is 0 Å². The molecule has 144 valence electrons. The summed E-state index contributed by atoms with van der Waals surface area (Å²) in [5.74, 6) is 0.0104. The van der Waals surface area contributed by atoms with Crippen molar-refractivity contribution < 1.29 is 28.6 Å². The summed E-state index contributed by atoms with van der Waals surface area (Å²) in [5, 5.41) is 2.18. The molecule has 28 heavy (non-hydrogen) atoms. The van der Waals surface area contributed by atoms with Crippen molar-refractivity contribution in [2.24, 2.45) is 0 Å². The SMILES string of the molecule is COc1ccc(N2C(=O)NC(=O)/C(=C/c3cc(OC)ccc3OC)C2=O)cc1. The first-order chi connectivity index (χ1) is 13.5. The van der Waals surface area contributed by atoms with Crippen LogP contribution in [0.1, 0.15) is 5.56 Å². The molecule has 1 heterocycles. The van der Waals surface area contributed by atoms with Crippen molar-refractivity contribution in [2.75, 3.05) is 26.2 Å². The fourth-order valence-corrected chi connectivity index (χ4v) is 2.73. The maximum absolute atomic E-state index is 12.9. The molecule has 8 heteroatoms. The van der Waals surface area contributed by atoms with Gasteiger partial charge in [-0.15, -0.1) is 0 Å². The summed E-state index contributed by atoms with van der Waals surface area (Å²) >= 11 is 0. The van der Waals surface area contributed by atoms with E-state index in [-0.39, 0.29) is 5.57 Å². The number of hydrogen-bond donors (Lipinski definition) is 1. The predicted molar refractivity (Wildman–Crippen MR) is 102 cm³/mol. The second-order valence-electron chi connectivity index (χ2n) is 5.76. The van der Waals surface area contributed by atoms with Crippen molar-refractivity contribution >= 4 is 29.6 Å². The standard InChI is InChI=1S/C20H18N2O6/c1-26-14-6-4-13(5-7-14)22-19(24)16(18(23)21-20(22)25)11-12-10-15(27-2)8-9-17(12)28-3/h4-11H,1-3H3,(H,21,23,25)/b16-11-. The lowest BCUT2D eigenvalue weighted by atomic mass is 10.1. The Hall–Kier alpha value is -3.81. The lowest BCUT2D eigenvalue weighted by Crippen LogP contribution is -2.54. The summed E-state index contributed by atoms with van der Waals surface area (Å²) in [6.45, 7) is 0. The first-order valence-electron chi connectivity index (χ1n) is 8.26. The average Bonchev–Trinajstić information content (AvgIpc) is 2.71. The summed E-state index contributed by atoms with van der Waals surface area (Å²) in [6.07, 6.45) is 1.36. The Kier molecular flexibility index (Phi) is 5.30. The van der Waals surface area contributed by atoms with Crippen LogP contribution in [0.2, 0.25) is 0 Å². The molecule has 0 atom stereocenters. The van der Waals surface area contributed by atoms with Crippen LogP contribution in [0.4, 0.5) is 10.5 Å². The van der Waals surface area contributed by atoms with Gasteiger partial charge in [0.15, 0.2) is 0 Å². The topological polar surface area (TPSA) is 94.2 Å². The van der Waals surface area contributed by atoms with Crippen molar-refractivity contribution in [3.63, 3.8) is 0 Å². The largest absolute Gasteiger partial charge is 0.497 e. The van der Waals surface area contributed by atoms with Gasteiger partial charge in [-0.25, -0.2) is 9.69 Å². The van der Waals surface area contributed by atoms with Crippen molar-refractivity contribution in [3.05, 3.63) is 53.6 Å². The third kappa shape index (κ3) is 3.52. The minimum absolute atomic E-state index is 0.207. The van der Waals surface area contributed by atoms with E-state index in [4.69, 9.17) is 14.2 Å². The Bertz CT molecular complexity index is 965. The zero-order valence-electron chi connectivity index (χ0n) is 15.5. The fraction of sp³-hybridized carbons (Fsp3) is 0.150. The fourth-order valence-electron chi connectivity index (χ4n) is 2.73. The lowest BCUT2D eigenvalue weighted by Gasteiger charge is -2.26. The first-order valence-corrected chi connectivity index (χ1v) is 8.26. The summed E-state index contributed by atoms with van der Waals surface area (Å²) in [5.41, 5.74) is 0.561. The van der Waals surface area contributed by atoms with Crippen molar-refractivity contribution in [2.45, 2.75) is 0 Å². The van der Waals surface area contributed by atoms with E-state index >= 15 is 0 Å². The molecule has 3 rings (SSSR count). The maximum Gasteiger partial charge on any atom is 0.335 e. The molecule has 0 spiro atoms. The second-order valence-corrected chi connectivity index (χ2v) is 5.76. The van der Waals surface area contributed by atoms with Crippen molar-refractivity contribution in [1.82, 2.24) is 5.32 Å².